The number of allylic oxidation sites excluding steroid dienone is 2. The van der Waals surface area contributed by atoms with Crippen LogP contribution in [0.4, 0.5) is 8.78 Å². The number of rotatable bonds is 3. The summed E-state index contributed by atoms with van der Waals surface area (Å²) in [4.78, 5) is 21.6. The van der Waals surface area contributed by atoms with Gasteiger partial charge in [-0.2, -0.15) is 9.98 Å². The van der Waals surface area contributed by atoms with Gasteiger partial charge in [0.05, 0.1) is 23.0 Å². The van der Waals surface area contributed by atoms with Gasteiger partial charge in [0, 0.05) is 11.1 Å². The molecule has 5 nitrogen and oxygen atoms in total. The van der Waals surface area contributed by atoms with Gasteiger partial charge >= 0.3 is 0 Å². The molecule has 0 radical (unpaired) electrons. The summed E-state index contributed by atoms with van der Waals surface area (Å²) in [6, 6.07) is 29.0. The van der Waals surface area contributed by atoms with E-state index < -0.39 is 5.92 Å². The standard InChI is InChI=1S/C33H19F2N5/c34-21-11-13-24-26(15-21)27-16-22(35)12-14-25(27)30(24)31-38-32-36-28(19-7-3-1-4-8-19)17-23-18-29(20-9-5-2-6-10-20)37-33(39-31)40(23)32/h1-18,30H. The number of guanidine groups is 2. The third kappa shape index (κ3) is 3.51. The lowest BCUT2D eigenvalue weighted by Gasteiger charge is -2.33. The average Bonchev–Trinajstić information content (AvgIpc) is 3.30. The minimum atomic E-state index is -0.431. The van der Waals surface area contributed by atoms with Gasteiger partial charge in [-0.1, -0.05) is 72.8 Å². The quantitative estimate of drug-likeness (QED) is 0.287. The molecule has 3 aliphatic heterocycles. The highest BCUT2D eigenvalue weighted by molar-refractivity contribution is 6.25. The van der Waals surface area contributed by atoms with Crippen molar-refractivity contribution >= 4 is 29.2 Å². The summed E-state index contributed by atoms with van der Waals surface area (Å²) in [5.41, 5.74) is 7.22. The molecule has 3 heterocycles. The van der Waals surface area contributed by atoms with E-state index in [4.69, 9.17) is 20.0 Å². The summed E-state index contributed by atoms with van der Waals surface area (Å²) in [5, 5.41) is 0. The highest BCUT2D eigenvalue weighted by Crippen LogP contribution is 2.47. The third-order valence-corrected chi connectivity index (χ3v) is 7.44. The van der Waals surface area contributed by atoms with Crippen molar-refractivity contribution in [3.05, 3.63) is 149 Å². The number of halogens is 2. The van der Waals surface area contributed by atoms with Crippen LogP contribution < -0.4 is 0 Å². The Morgan fingerprint density at radius 1 is 0.575 bits per heavy atom. The summed E-state index contributed by atoms with van der Waals surface area (Å²) in [7, 11) is 0. The largest absolute Gasteiger partial charge is 0.246 e. The Kier molecular flexibility index (Phi) is 4.88. The van der Waals surface area contributed by atoms with Crippen molar-refractivity contribution in [3.8, 4) is 11.1 Å². The van der Waals surface area contributed by atoms with Crippen LogP contribution in [0.1, 0.15) is 28.2 Å². The molecule has 7 heteroatoms. The van der Waals surface area contributed by atoms with Crippen LogP contribution in [0, 0.1) is 11.6 Å². The van der Waals surface area contributed by atoms with Crippen LogP contribution >= 0.6 is 0 Å². The second-order valence-corrected chi connectivity index (χ2v) is 9.85. The van der Waals surface area contributed by atoms with Gasteiger partial charge in [-0.05, 0) is 58.7 Å². The summed E-state index contributed by atoms with van der Waals surface area (Å²) in [6.07, 6.45) is 4.02. The van der Waals surface area contributed by atoms with Gasteiger partial charge < -0.3 is 0 Å². The fraction of sp³-hybridized carbons (Fsp3) is 0.0303. The Balaban J connectivity index is 1.35. The molecular weight excluding hydrogens is 504 g/mol. The van der Waals surface area contributed by atoms with E-state index in [2.05, 4.69) is 0 Å². The monoisotopic (exact) mass is 523 g/mol. The number of nitrogens with zero attached hydrogens (tertiary/aromatic N) is 5. The van der Waals surface area contributed by atoms with Crippen molar-refractivity contribution in [3.63, 3.8) is 0 Å². The lowest BCUT2D eigenvalue weighted by Crippen LogP contribution is -2.42. The van der Waals surface area contributed by atoms with Crippen molar-refractivity contribution < 1.29 is 8.78 Å². The lowest BCUT2D eigenvalue weighted by molar-refractivity contribution is 0.626. The van der Waals surface area contributed by atoms with Crippen LogP contribution in [0.25, 0.3) is 16.8 Å². The van der Waals surface area contributed by atoms with Crippen LogP contribution in [-0.4, -0.2) is 28.4 Å². The van der Waals surface area contributed by atoms with Crippen molar-refractivity contribution in [1.82, 2.24) is 4.90 Å². The molecule has 0 fully saturated rings. The molecule has 0 aromatic heterocycles. The second kappa shape index (κ2) is 8.61. The Bertz CT molecular complexity index is 1830. The first kappa shape index (κ1) is 22.7. The maximum Gasteiger partial charge on any atom is 0.239 e. The molecule has 0 bridgehead atoms. The first-order chi connectivity index (χ1) is 19.6. The molecule has 8 rings (SSSR count). The molecular formula is C33H19F2N5. The molecule has 0 saturated heterocycles. The van der Waals surface area contributed by atoms with E-state index in [0.29, 0.717) is 28.9 Å². The minimum Gasteiger partial charge on any atom is -0.246 e. The Hall–Kier alpha value is -5.30. The maximum atomic E-state index is 14.3. The smallest absolute Gasteiger partial charge is 0.239 e. The number of amidine groups is 1. The van der Waals surface area contributed by atoms with Crippen molar-refractivity contribution in [1.29, 1.82) is 0 Å². The molecule has 0 spiro atoms. The molecule has 4 aromatic rings. The first-order valence-corrected chi connectivity index (χ1v) is 12.9. The maximum absolute atomic E-state index is 14.3. The van der Waals surface area contributed by atoms with Gasteiger partial charge in [0.25, 0.3) is 0 Å². The van der Waals surface area contributed by atoms with Crippen LogP contribution in [0.3, 0.4) is 0 Å². The fourth-order valence-electron chi connectivity index (χ4n) is 5.65. The van der Waals surface area contributed by atoms with Crippen LogP contribution in [0.2, 0.25) is 0 Å². The third-order valence-electron chi connectivity index (χ3n) is 7.44. The molecule has 4 aliphatic rings. The Morgan fingerprint density at radius 3 is 1.82 bits per heavy atom. The molecule has 40 heavy (non-hydrogen) atoms. The van der Waals surface area contributed by atoms with Crippen LogP contribution in [-0.2, 0) is 0 Å². The van der Waals surface area contributed by atoms with Crippen molar-refractivity contribution in [2.24, 2.45) is 20.0 Å². The summed E-state index contributed by atoms with van der Waals surface area (Å²) < 4.78 is 28.6. The zero-order valence-electron chi connectivity index (χ0n) is 21.0. The Morgan fingerprint density at radius 2 is 1.18 bits per heavy atom. The number of hydrogen-bond acceptors (Lipinski definition) is 5. The van der Waals surface area contributed by atoms with Gasteiger partial charge in [-0.25, -0.2) is 23.7 Å². The second-order valence-electron chi connectivity index (χ2n) is 9.85. The van der Waals surface area contributed by atoms with Gasteiger partial charge in [0.2, 0.25) is 11.9 Å². The Labute approximate surface area is 228 Å². The van der Waals surface area contributed by atoms with E-state index in [1.54, 1.807) is 12.1 Å². The van der Waals surface area contributed by atoms with Gasteiger partial charge in [0.1, 0.15) is 17.5 Å². The topological polar surface area (TPSA) is 52.7 Å². The highest BCUT2D eigenvalue weighted by atomic mass is 19.1. The number of fused-ring (bicyclic) bond motifs is 3. The molecule has 0 N–H and O–H groups in total. The van der Waals surface area contributed by atoms with Crippen LogP contribution in [0.5, 0.6) is 0 Å². The molecule has 190 valence electrons. The van der Waals surface area contributed by atoms with Gasteiger partial charge in [-0.3, -0.25) is 0 Å². The molecule has 1 aliphatic carbocycles. The van der Waals surface area contributed by atoms with E-state index >= 15 is 0 Å². The van der Waals surface area contributed by atoms with Gasteiger partial charge in [0.15, 0.2) is 0 Å². The lowest BCUT2D eigenvalue weighted by atomic mass is 9.95. The SMILES string of the molecule is Fc1ccc2c(c1)-c1cc(F)ccc1C2C1=NC2=NC(c3ccccc3)=CC3=CC(c4ccccc4)=NC(=N1)N32. The number of aliphatic imine (C=N–C) groups is 4. The van der Waals surface area contributed by atoms with E-state index in [0.717, 1.165) is 39.4 Å². The number of benzene rings is 4. The van der Waals surface area contributed by atoms with Crippen molar-refractivity contribution in [2.75, 3.05) is 0 Å². The van der Waals surface area contributed by atoms with Gasteiger partial charge in [-0.15, -0.1) is 0 Å². The fourth-order valence-corrected chi connectivity index (χ4v) is 5.65. The van der Waals surface area contributed by atoms with E-state index in [-0.39, 0.29) is 11.6 Å². The predicted octanol–water partition coefficient (Wildman–Crippen LogP) is 6.94. The van der Waals surface area contributed by atoms with E-state index in [9.17, 15) is 8.78 Å². The summed E-state index contributed by atoms with van der Waals surface area (Å²) >= 11 is 0. The predicted molar refractivity (Wildman–Crippen MR) is 153 cm³/mol. The first-order valence-electron chi connectivity index (χ1n) is 12.9. The summed E-state index contributed by atoms with van der Waals surface area (Å²) in [5.74, 6) is 0.164. The summed E-state index contributed by atoms with van der Waals surface area (Å²) in [6.45, 7) is 0. The van der Waals surface area contributed by atoms with Crippen molar-refractivity contribution in [2.45, 2.75) is 5.92 Å². The van der Waals surface area contributed by atoms with Crippen LogP contribution in [0.15, 0.2) is 135 Å². The zero-order chi connectivity index (χ0) is 26.8. The number of hydrogen-bond donors (Lipinski definition) is 0. The molecule has 0 unspecified atom stereocenters. The molecule has 0 saturated carbocycles. The highest BCUT2D eigenvalue weighted by Gasteiger charge is 2.39. The molecule has 0 amide bonds. The molecule has 0 atom stereocenters. The molecule has 4 aromatic carbocycles. The normalized spacial score (nSPS) is 17.0. The van der Waals surface area contributed by atoms with E-state index in [1.807, 2.05) is 77.7 Å². The van der Waals surface area contributed by atoms with E-state index in [1.165, 1.54) is 24.3 Å². The minimum absolute atomic E-state index is 0.383. The zero-order valence-corrected chi connectivity index (χ0v) is 21.0. The average molecular weight is 524 g/mol.